The van der Waals surface area contributed by atoms with Gasteiger partial charge >= 0.3 is 5.97 Å². The van der Waals surface area contributed by atoms with E-state index in [1.54, 1.807) is 0 Å². The van der Waals surface area contributed by atoms with E-state index in [2.05, 4.69) is 10.6 Å². The Labute approximate surface area is 199 Å². The van der Waals surface area contributed by atoms with Gasteiger partial charge in [0.2, 0.25) is 5.78 Å². The van der Waals surface area contributed by atoms with E-state index in [9.17, 15) is 9.59 Å². The number of allylic oxidation sites excluding steroid dienone is 1. The SMILES string of the molecule is CC(C)(OCc1ccc(/C=C/Cn2c(C(=O)c3ccccc3)nc3c2CCCC3)cc1)C(=O)O. The van der Waals surface area contributed by atoms with Gasteiger partial charge in [0.25, 0.3) is 0 Å². The number of carboxylic acids is 1. The Morgan fingerprint density at radius 1 is 1.06 bits per heavy atom. The number of fused-ring (bicyclic) bond motifs is 1. The summed E-state index contributed by atoms with van der Waals surface area (Å²) in [6, 6.07) is 17.1. The molecular weight excluding hydrogens is 428 g/mol. The molecule has 6 heteroatoms. The standard InChI is InChI=1S/C28H30N2O4/c1-28(2,27(32)33)34-19-21-16-14-20(15-17-21)9-8-18-30-24-13-7-6-12-23(24)29-26(30)25(31)22-10-4-3-5-11-22/h3-5,8-11,14-17H,6-7,12-13,18-19H2,1-2H3,(H,32,33)/b9-8+. The van der Waals surface area contributed by atoms with Crippen molar-refractivity contribution in [2.75, 3.05) is 0 Å². The second-order valence-corrected chi connectivity index (χ2v) is 9.09. The quantitative estimate of drug-likeness (QED) is 0.452. The van der Waals surface area contributed by atoms with Gasteiger partial charge in [0.05, 0.1) is 12.3 Å². The number of carbonyl (C=O) groups excluding carboxylic acids is 1. The molecule has 0 amide bonds. The van der Waals surface area contributed by atoms with E-state index in [4.69, 9.17) is 14.8 Å². The Balaban J connectivity index is 1.48. The third kappa shape index (κ3) is 5.34. The fourth-order valence-corrected chi connectivity index (χ4v) is 4.03. The summed E-state index contributed by atoms with van der Waals surface area (Å²) >= 11 is 0. The van der Waals surface area contributed by atoms with E-state index in [0.717, 1.165) is 42.5 Å². The summed E-state index contributed by atoms with van der Waals surface area (Å²) < 4.78 is 7.58. The maximum atomic E-state index is 13.2. The number of carboxylic acid groups (broad SMARTS) is 1. The molecule has 6 nitrogen and oxygen atoms in total. The van der Waals surface area contributed by atoms with Gasteiger partial charge in [0.1, 0.15) is 0 Å². The van der Waals surface area contributed by atoms with Crippen molar-refractivity contribution in [2.45, 2.75) is 58.3 Å². The van der Waals surface area contributed by atoms with Crippen molar-refractivity contribution in [3.63, 3.8) is 0 Å². The van der Waals surface area contributed by atoms with Crippen LogP contribution < -0.4 is 0 Å². The average Bonchev–Trinajstić information content (AvgIpc) is 3.22. The predicted octanol–water partition coefficient (Wildman–Crippen LogP) is 5.09. The minimum atomic E-state index is -1.22. The molecule has 0 radical (unpaired) electrons. The van der Waals surface area contributed by atoms with Crippen LogP contribution in [0.5, 0.6) is 0 Å². The topological polar surface area (TPSA) is 81.4 Å². The lowest BCUT2D eigenvalue weighted by Gasteiger charge is -2.20. The molecule has 0 bridgehead atoms. The maximum absolute atomic E-state index is 13.2. The first kappa shape index (κ1) is 23.6. The van der Waals surface area contributed by atoms with Gasteiger partial charge in [-0.3, -0.25) is 4.79 Å². The molecule has 1 aliphatic carbocycles. The van der Waals surface area contributed by atoms with E-state index >= 15 is 0 Å². The van der Waals surface area contributed by atoms with Gasteiger partial charge in [-0.1, -0.05) is 66.7 Å². The van der Waals surface area contributed by atoms with Crippen LogP contribution in [0.15, 0.2) is 60.7 Å². The van der Waals surface area contributed by atoms with E-state index < -0.39 is 11.6 Å². The van der Waals surface area contributed by atoms with E-state index in [1.165, 1.54) is 19.5 Å². The monoisotopic (exact) mass is 458 g/mol. The summed E-state index contributed by atoms with van der Waals surface area (Å²) in [6.07, 6.45) is 8.17. The highest BCUT2D eigenvalue weighted by atomic mass is 16.5. The molecule has 0 fully saturated rings. The van der Waals surface area contributed by atoms with Crippen molar-refractivity contribution in [3.8, 4) is 0 Å². The molecule has 1 heterocycles. The fourth-order valence-electron chi connectivity index (χ4n) is 4.03. The second-order valence-electron chi connectivity index (χ2n) is 9.09. The van der Waals surface area contributed by atoms with Crippen molar-refractivity contribution in [1.29, 1.82) is 0 Å². The number of rotatable bonds is 9. The number of hydrogen-bond donors (Lipinski definition) is 1. The first-order chi connectivity index (χ1) is 16.3. The van der Waals surface area contributed by atoms with Crippen molar-refractivity contribution in [1.82, 2.24) is 9.55 Å². The van der Waals surface area contributed by atoms with Crippen LogP contribution in [0.4, 0.5) is 0 Å². The second kappa shape index (κ2) is 10.2. The van der Waals surface area contributed by atoms with Crippen molar-refractivity contribution < 1.29 is 19.4 Å². The largest absolute Gasteiger partial charge is 0.479 e. The molecule has 0 atom stereocenters. The number of aryl methyl sites for hydroxylation is 1. The molecule has 3 aromatic rings. The minimum Gasteiger partial charge on any atom is -0.479 e. The van der Waals surface area contributed by atoms with Crippen molar-refractivity contribution >= 4 is 17.8 Å². The number of aliphatic carboxylic acids is 1. The van der Waals surface area contributed by atoms with Gasteiger partial charge in [0.15, 0.2) is 11.4 Å². The zero-order valence-corrected chi connectivity index (χ0v) is 19.7. The lowest BCUT2D eigenvalue weighted by Crippen LogP contribution is -2.34. The molecule has 34 heavy (non-hydrogen) atoms. The van der Waals surface area contributed by atoms with Crippen LogP contribution in [0, 0.1) is 0 Å². The van der Waals surface area contributed by atoms with Crippen LogP contribution in [0.2, 0.25) is 0 Å². The average molecular weight is 459 g/mol. The number of imidazole rings is 1. The molecule has 4 rings (SSSR count). The zero-order valence-electron chi connectivity index (χ0n) is 19.7. The summed E-state index contributed by atoms with van der Waals surface area (Å²) in [5.41, 5.74) is 3.57. The Bertz CT molecular complexity index is 1190. The smallest absolute Gasteiger partial charge is 0.335 e. The third-order valence-electron chi connectivity index (χ3n) is 6.16. The van der Waals surface area contributed by atoms with Gasteiger partial charge in [-0.2, -0.15) is 0 Å². The molecule has 0 unspecified atom stereocenters. The third-order valence-corrected chi connectivity index (χ3v) is 6.16. The molecule has 0 aliphatic heterocycles. The van der Waals surface area contributed by atoms with E-state index in [1.807, 2.05) is 60.7 Å². The summed E-state index contributed by atoms with van der Waals surface area (Å²) in [7, 11) is 0. The normalized spacial score (nSPS) is 13.7. The highest BCUT2D eigenvalue weighted by molar-refractivity contribution is 6.06. The minimum absolute atomic E-state index is 0.0444. The van der Waals surface area contributed by atoms with Crippen LogP contribution in [0.1, 0.15) is 65.4 Å². The van der Waals surface area contributed by atoms with Crippen LogP contribution >= 0.6 is 0 Å². The van der Waals surface area contributed by atoms with Crippen LogP contribution in [0.25, 0.3) is 6.08 Å². The first-order valence-electron chi connectivity index (χ1n) is 11.7. The number of hydrogen-bond acceptors (Lipinski definition) is 4. The Morgan fingerprint density at radius 3 is 2.47 bits per heavy atom. The summed E-state index contributed by atoms with van der Waals surface area (Å²) in [5, 5.41) is 9.17. The zero-order chi connectivity index (χ0) is 24.1. The number of carbonyl (C=O) groups is 2. The molecule has 1 aliphatic rings. The Kier molecular flexibility index (Phi) is 7.08. The molecule has 0 spiro atoms. The molecule has 1 N–H and O–H groups in total. The molecule has 1 aromatic heterocycles. The van der Waals surface area contributed by atoms with Crippen molar-refractivity contribution in [2.24, 2.45) is 0 Å². The lowest BCUT2D eigenvalue weighted by atomic mass is 10.0. The van der Waals surface area contributed by atoms with Gasteiger partial charge in [-0.15, -0.1) is 0 Å². The first-order valence-corrected chi connectivity index (χ1v) is 11.7. The van der Waals surface area contributed by atoms with Crippen molar-refractivity contribution in [3.05, 3.63) is 94.6 Å². The van der Waals surface area contributed by atoms with E-state index in [-0.39, 0.29) is 12.4 Å². The fraction of sp³-hybridized carbons (Fsp3) is 0.321. The van der Waals surface area contributed by atoms with Gasteiger partial charge in [-0.05, 0) is 50.7 Å². The molecule has 2 aromatic carbocycles. The van der Waals surface area contributed by atoms with Crippen LogP contribution in [-0.2, 0) is 35.5 Å². The number of aromatic nitrogens is 2. The number of nitrogens with zero attached hydrogens (tertiary/aromatic N) is 2. The van der Waals surface area contributed by atoms with Gasteiger partial charge in [-0.25, -0.2) is 9.78 Å². The lowest BCUT2D eigenvalue weighted by molar-refractivity contribution is -0.162. The molecular formula is C28H30N2O4. The molecule has 176 valence electrons. The predicted molar refractivity (Wildman–Crippen MR) is 131 cm³/mol. The Hall–Kier alpha value is -3.51. The van der Waals surface area contributed by atoms with Gasteiger partial charge < -0.3 is 14.4 Å². The Morgan fingerprint density at radius 2 is 1.76 bits per heavy atom. The van der Waals surface area contributed by atoms with E-state index in [0.29, 0.717) is 17.9 Å². The number of benzene rings is 2. The highest BCUT2D eigenvalue weighted by Crippen LogP contribution is 2.24. The summed E-state index contributed by atoms with van der Waals surface area (Å²) in [5.74, 6) is -0.521. The molecule has 0 saturated heterocycles. The maximum Gasteiger partial charge on any atom is 0.335 e. The summed E-state index contributed by atoms with van der Waals surface area (Å²) in [6.45, 7) is 3.89. The van der Waals surface area contributed by atoms with Crippen LogP contribution in [0.3, 0.4) is 0 Å². The number of ether oxygens (including phenoxy) is 1. The van der Waals surface area contributed by atoms with Crippen LogP contribution in [-0.4, -0.2) is 32.0 Å². The molecule has 0 saturated carbocycles. The number of ketones is 1. The summed E-state index contributed by atoms with van der Waals surface area (Å²) in [4.78, 5) is 29.1. The van der Waals surface area contributed by atoms with Gasteiger partial charge in [0, 0.05) is 17.8 Å². The highest BCUT2D eigenvalue weighted by Gasteiger charge is 2.27.